The number of likely N-dealkylation sites (tertiary alicyclic amines) is 1. The number of hydrogen-bond acceptors (Lipinski definition) is 9. The maximum absolute atomic E-state index is 15.1. The number of amides is 4. The fourth-order valence-electron chi connectivity index (χ4n) is 7.96. The van der Waals surface area contributed by atoms with Crippen LogP contribution in [-0.4, -0.2) is 92.7 Å². The van der Waals surface area contributed by atoms with Crippen molar-refractivity contribution in [2.75, 3.05) is 25.0 Å². The van der Waals surface area contributed by atoms with E-state index in [9.17, 15) is 19.2 Å². The summed E-state index contributed by atoms with van der Waals surface area (Å²) in [7, 11) is 0. The molecule has 2 aliphatic rings. The monoisotopic (exact) mass is 823 g/mol. The fraction of sp³-hybridized carbons (Fsp3) is 0.489. The van der Waals surface area contributed by atoms with E-state index in [2.05, 4.69) is 60.6 Å². The van der Waals surface area contributed by atoms with Crippen molar-refractivity contribution in [3.8, 4) is 22.5 Å². The smallest absolute Gasteiger partial charge is 0.407 e. The number of anilines is 1. The van der Waals surface area contributed by atoms with Crippen LogP contribution in [0.3, 0.4) is 0 Å². The van der Waals surface area contributed by atoms with Crippen LogP contribution in [0.25, 0.3) is 22.5 Å². The molecule has 1 aromatic heterocycles. The summed E-state index contributed by atoms with van der Waals surface area (Å²) in [5, 5.41) is 25.3. The first-order valence-corrected chi connectivity index (χ1v) is 21.0. The Morgan fingerprint density at radius 2 is 1.62 bits per heavy atom. The van der Waals surface area contributed by atoms with Crippen LogP contribution in [-0.2, 0) is 20.7 Å². The Hall–Kier alpha value is -5.70. The van der Waals surface area contributed by atoms with Crippen LogP contribution in [0.2, 0.25) is 0 Å². The van der Waals surface area contributed by atoms with Crippen molar-refractivity contribution in [2.24, 2.45) is 11.8 Å². The molecular weight excluding hydrogens is 766 g/mol. The van der Waals surface area contributed by atoms with Crippen molar-refractivity contribution in [1.29, 1.82) is 0 Å². The maximum atomic E-state index is 15.1. The maximum Gasteiger partial charge on any atom is 0.407 e. The number of aromatic nitrogens is 4. The van der Waals surface area contributed by atoms with Gasteiger partial charge in [0.25, 0.3) is 5.91 Å². The van der Waals surface area contributed by atoms with Crippen LogP contribution in [0, 0.1) is 24.6 Å². The third-order valence-electron chi connectivity index (χ3n) is 11.4. The number of hydrogen-bond donors (Lipinski definition) is 5. The first-order valence-electron chi connectivity index (χ1n) is 21.0. The molecule has 60 heavy (non-hydrogen) atoms. The van der Waals surface area contributed by atoms with Gasteiger partial charge >= 0.3 is 6.09 Å². The van der Waals surface area contributed by atoms with Crippen molar-refractivity contribution in [1.82, 2.24) is 41.5 Å². The Kier molecular flexibility index (Phi) is 14.3. The largest absolute Gasteiger partial charge is 0.444 e. The topological polar surface area (TPSA) is 183 Å². The number of carbonyl (C=O) groups is 4. The second-order valence-electron chi connectivity index (χ2n) is 17.4. The zero-order valence-corrected chi connectivity index (χ0v) is 35.4. The molecule has 6 rings (SSSR count). The van der Waals surface area contributed by atoms with E-state index < -0.39 is 29.5 Å². The molecule has 1 atom stereocenters. The average Bonchev–Trinajstić information content (AvgIpc) is 3.75. The van der Waals surface area contributed by atoms with E-state index in [1.165, 1.54) is 12.1 Å². The molecule has 4 aromatic rings. The first kappa shape index (κ1) is 43.9. The van der Waals surface area contributed by atoms with Gasteiger partial charge in [-0.25, -0.2) is 9.18 Å². The van der Waals surface area contributed by atoms with Gasteiger partial charge in [-0.05, 0) is 144 Å². The number of carbonyl (C=O) groups excluding carboxylic acids is 4. The molecule has 320 valence electrons. The summed E-state index contributed by atoms with van der Waals surface area (Å²) >= 11 is 0. The molecule has 1 aliphatic heterocycles. The number of H-pyrrole nitrogens is 1. The lowest BCUT2D eigenvalue weighted by molar-refractivity contribution is -0.130. The summed E-state index contributed by atoms with van der Waals surface area (Å²) in [6, 6.07) is 17.4. The van der Waals surface area contributed by atoms with Gasteiger partial charge in [0, 0.05) is 55.3 Å². The van der Waals surface area contributed by atoms with Gasteiger partial charge in [-0.15, -0.1) is 10.2 Å². The van der Waals surface area contributed by atoms with Crippen LogP contribution >= 0.6 is 0 Å². The number of benzene rings is 3. The van der Waals surface area contributed by atoms with Crippen molar-refractivity contribution in [2.45, 2.75) is 110 Å². The summed E-state index contributed by atoms with van der Waals surface area (Å²) in [6.07, 6.45) is 4.28. The summed E-state index contributed by atoms with van der Waals surface area (Å²) < 4.78 is 20.4. The lowest BCUT2D eigenvalue weighted by atomic mass is 9.81. The van der Waals surface area contributed by atoms with Crippen molar-refractivity contribution in [3.05, 3.63) is 83.2 Å². The van der Waals surface area contributed by atoms with Gasteiger partial charge in [-0.2, -0.15) is 5.21 Å². The lowest BCUT2D eigenvalue weighted by Crippen LogP contribution is -2.48. The van der Waals surface area contributed by atoms with E-state index in [4.69, 9.17) is 4.74 Å². The molecular formula is C45H58FN9O5. The van der Waals surface area contributed by atoms with Gasteiger partial charge in [-0.1, -0.05) is 30.3 Å². The molecule has 1 saturated heterocycles. The number of aromatic amines is 1. The highest BCUT2D eigenvalue weighted by Crippen LogP contribution is 2.30. The molecule has 14 nitrogen and oxygen atoms in total. The van der Waals surface area contributed by atoms with Gasteiger partial charge in [0.2, 0.25) is 17.6 Å². The zero-order chi connectivity index (χ0) is 43.0. The summed E-state index contributed by atoms with van der Waals surface area (Å²) in [5.74, 6) is -1.45. The van der Waals surface area contributed by atoms with Crippen LogP contribution < -0.4 is 21.3 Å². The lowest BCUT2D eigenvalue weighted by Gasteiger charge is -2.34. The summed E-state index contributed by atoms with van der Waals surface area (Å²) in [6.45, 7) is 14.2. The van der Waals surface area contributed by atoms with E-state index in [1.54, 1.807) is 6.07 Å². The Bertz CT molecular complexity index is 2100. The van der Waals surface area contributed by atoms with Gasteiger partial charge in [0.15, 0.2) is 0 Å². The molecule has 4 amide bonds. The highest BCUT2D eigenvalue weighted by Gasteiger charge is 2.31. The van der Waals surface area contributed by atoms with Gasteiger partial charge in [0.05, 0.1) is 5.56 Å². The van der Waals surface area contributed by atoms with Crippen LogP contribution in [0.4, 0.5) is 14.9 Å². The minimum atomic E-state index is -0.966. The normalized spacial score (nSPS) is 18.1. The highest BCUT2D eigenvalue weighted by atomic mass is 19.1. The Morgan fingerprint density at radius 1 is 0.917 bits per heavy atom. The van der Waals surface area contributed by atoms with Gasteiger partial charge in [0.1, 0.15) is 17.5 Å². The van der Waals surface area contributed by atoms with Crippen LogP contribution in [0.1, 0.15) is 94.6 Å². The SMILES string of the molecule is Cc1cc(C(=O)NC2CCN(C(C)C)CC2)ccc1-c1ccc(C[C@H](NC(=O)[C@H]2CC[C@H](CNC(=O)OC(C)(C)C)CC2)C(=O)Nc2ccc(-c3nn[nH]n3)c(F)c2)cc1. The minimum Gasteiger partial charge on any atom is -0.444 e. The summed E-state index contributed by atoms with van der Waals surface area (Å²) in [5.41, 5.74) is 4.07. The average molecular weight is 824 g/mol. The van der Waals surface area contributed by atoms with Gasteiger partial charge in [-0.3, -0.25) is 14.4 Å². The molecule has 2 fully saturated rings. The second kappa shape index (κ2) is 19.6. The Balaban J connectivity index is 1.10. The molecule has 2 heterocycles. The molecule has 3 aromatic carbocycles. The molecule has 0 radical (unpaired) electrons. The third kappa shape index (κ3) is 12.0. The number of nitrogens with one attached hydrogen (secondary N) is 5. The third-order valence-corrected chi connectivity index (χ3v) is 11.4. The number of ether oxygens (including phenoxy) is 1. The molecule has 0 bridgehead atoms. The quantitative estimate of drug-likeness (QED) is 0.0995. The number of halogens is 1. The second-order valence-corrected chi connectivity index (χ2v) is 17.4. The van der Waals surface area contributed by atoms with Crippen molar-refractivity contribution < 1.29 is 28.3 Å². The Labute approximate surface area is 351 Å². The number of nitrogens with zero attached hydrogens (tertiary/aromatic N) is 4. The number of piperidine rings is 1. The highest BCUT2D eigenvalue weighted by molar-refractivity contribution is 5.98. The number of alkyl carbamates (subject to hydrolysis) is 1. The van der Waals surface area contributed by atoms with Gasteiger partial charge < -0.3 is 30.9 Å². The standard InChI is InChI=1S/C45H58FN9O5/c1-27(2)55-21-19-34(20-22-55)48-42(57)33-15-17-36(28(3)23-33)31-11-7-29(8-12-31)24-39(43(58)49-35-16-18-37(38(46)25-35)40-51-53-54-52-40)50-41(56)32-13-9-30(10-14-32)26-47-44(59)60-45(4,5)6/h7-8,11-12,15-18,23,25,27,30,32,34,39H,9-10,13-14,19-22,24,26H2,1-6H3,(H,47,59)(H,48,57)(H,49,58)(H,50,56)(H,51,52,53,54)/t30-,32-,39-/m0/s1. The van der Waals surface area contributed by atoms with E-state index in [1.807, 2.05) is 70.2 Å². The number of tetrazole rings is 1. The molecule has 5 N–H and O–H groups in total. The number of rotatable bonds is 13. The van der Waals surface area contributed by atoms with Crippen LogP contribution in [0.5, 0.6) is 0 Å². The predicted octanol–water partition coefficient (Wildman–Crippen LogP) is 6.58. The molecule has 0 unspecified atom stereocenters. The minimum absolute atomic E-state index is 0.0664. The fourth-order valence-corrected chi connectivity index (χ4v) is 7.96. The predicted molar refractivity (Wildman–Crippen MR) is 227 cm³/mol. The van der Waals surface area contributed by atoms with Crippen molar-refractivity contribution >= 4 is 29.5 Å². The van der Waals surface area contributed by atoms with Crippen LogP contribution in [0.15, 0.2) is 60.7 Å². The van der Waals surface area contributed by atoms with Crippen molar-refractivity contribution in [3.63, 3.8) is 0 Å². The van der Waals surface area contributed by atoms with E-state index >= 15 is 4.39 Å². The van der Waals surface area contributed by atoms with E-state index in [0.29, 0.717) is 31.0 Å². The van der Waals surface area contributed by atoms with E-state index in [0.717, 1.165) is 61.0 Å². The summed E-state index contributed by atoms with van der Waals surface area (Å²) in [4.78, 5) is 55.4. The molecule has 15 heteroatoms. The zero-order valence-electron chi connectivity index (χ0n) is 35.4. The molecule has 0 spiro atoms. The molecule has 1 saturated carbocycles. The number of aryl methyl sites for hydroxylation is 1. The molecule has 1 aliphatic carbocycles. The first-order chi connectivity index (χ1) is 28.6. The van der Waals surface area contributed by atoms with E-state index in [-0.39, 0.29) is 53.2 Å². The Morgan fingerprint density at radius 3 is 2.23 bits per heavy atom.